The predicted octanol–water partition coefficient (Wildman–Crippen LogP) is 4.03. The van der Waals surface area contributed by atoms with Crippen molar-refractivity contribution < 1.29 is 4.74 Å². The maximum Gasteiger partial charge on any atom is 0.127 e. The molecular formula is C18H30N2O. The molecule has 1 saturated carbocycles. The summed E-state index contributed by atoms with van der Waals surface area (Å²) in [6.07, 6.45) is 7.79. The number of nitrogens with one attached hydrogen (secondary N) is 1. The van der Waals surface area contributed by atoms with Crippen LogP contribution in [0.1, 0.15) is 52.5 Å². The molecule has 1 N–H and O–H groups in total. The molecule has 3 heteroatoms. The predicted molar refractivity (Wildman–Crippen MR) is 87.4 cm³/mol. The quantitative estimate of drug-likeness (QED) is 0.859. The number of hydrogen-bond acceptors (Lipinski definition) is 3. The van der Waals surface area contributed by atoms with Crippen LogP contribution in [0.25, 0.3) is 0 Å². The van der Waals surface area contributed by atoms with Gasteiger partial charge in [-0.25, -0.2) is 0 Å². The Morgan fingerprint density at radius 1 is 1.24 bits per heavy atom. The summed E-state index contributed by atoms with van der Waals surface area (Å²) in [5.41, 5.74) is 1.17. The van der Waals surface area contributed by atoms with Crippen LogP contribution >= 0.6 is 0 Å². The van der Waals surface area contributed by atoms with Crippen LogP contribution in [0.15, 0.2) is 18.5 Å². The fraction of sp³-hybridized carbons (Fsp3) is 0.722. The van der Waals surface area contributed by atoms with Gasteiger partial charge in [-0.1, -0.05) is 27.7 Å². The molecule has 0 amide bonds. The van der Waals surface area contributed by atoms with E-state index in [0.717, 1.165) is 30.7 Å². The second-order valence-corrected chi connectivity index (χ2v) is 7.17. The van der Waals surface area contributed by atoms with Gasteiger partial charge >= 0.3 is 0 Å². The highest BCUT2D eigenvalue weighted by molar-refractivity contribution is 5.30. The van der Waals surface area contributed by atoms with E-state index in [4.69, 9.17) is 4.74 Å². The average molecular weight is 290 g/mol. The number of ether oxygens (including phenoxy) is 1. The molecule has 0 aromatic carbocycles. The first-order valence-corrected chi connectivity index (χ1v) is 8.34. The maximum absolute atomic E-state index is 6.30. The first-order chi connectivity index (χ1) is 10.0. The summed E-state index contributed by atoms with van der Waals surface area (Å²) < 4.78 is 6.30. The van der Waals surface area contributed by atoms with Gasteiger partial charge in [0, 0.05) is 24.5 Å². The van der Waals surface area contributed by atoms with Crippen molar-refractivity contribution in [3.8, 4) is 5.75 Å². The van der Waals surface area contributed by atoms with Crippen LogP contribution in [0.5, 0.6) is 5.75 Å². The van der Waals surface area contributed by atoms with Crippen molar-refractivity contribution in [3.63, 3.8) is 0 Å². The SMILES string of the molecule is CC(C)CNCc1cnccc1OC1CC(C)CC(C)C1. The van der Waals surface area contributed by atoms with Gasteiger partial charge in [-0.3, -0.25) is 4.98 Å². The Labute approximate surface area is 129 Å². The Hall–Kier alpha value is -1.09. The minimum Gasteiger partial charge on any atom is -0.490 e. The lowest BCUT2D eigenvalue weighted by Gasteiger charge is -2.32. The maximum atomic E-state index is 6.30. The highest BCUT2D eigenvalue weighted by Crippen LogP contribution is 2.32. The molecule has 0 radical (unpaired) electrons. The van der Waals surface area contributed by atoms with Gasteiger partial charge in [0.05, 0.1) is 6.10 Å². The Balaban J connectivity index is 1.95. The third kappa shape index (κ3) is 5.31. The molecular weight excluding hydrogens is 260 g/mol. The first kappa shape index (κ1) is 16.3. The Morgan fingerprint density at radius 3 is 2.62 bits per heavy atom. The number of nitrogens with zero attached hydrogens (tertiary/aromatic N) is 1. The van der Waals surface area contributed by atoms with Gasteiger partial charge in [-0.2, -0.15) is 0 Å². The molecule has 0 aliphatic heterocycles. The highest BCUT2D eigenvalue weighted by Gasteiger charge is 2.25. The largest absolute Gasteiger partial charge is 0.490 e. The topological polar surface area (TPSA) is 34.2 Å². The molecule has 1 aliphatic rings. The minimum atomic E-state index is 0.356. The van der Waals surface area contributed by atoms with Gasteiger partial charge in [0.1, 0.15) is 5.75 Å². The van der Waals surface area contributed by atoms with Crippen molar-refractivity contribution in [2.75, 3.05) is 6.54 Å². The Kier molecular flexibility index (Phi) is 6.04. The van der Waals surface area contributed by atoms with Crippen molar-refractivity contribution >= 4 is 0 Å². The second-order valence-electron chi connectivity index (χ2n) is 7.17. The van der Waals surface area contributed by atoms with Crippen LogP contribution in [0.3, 0.4) is 0 Å². The molecule has 1 aliphatic carbocycles. The van der Waals surface area contributed by atoms with E-state index in [2.05, 4.69) is 38.0 Å². The van der Waals surface area contributed by atoms with E-state index < -0.39 is 0 Å². The number of pyridine rings is 1. The van der Waals surface area contributed by atoms with Crippen LogP contribution in [-0.4, -0.2) is 17.6 Å². The minimum absolute atomic E-state index is 0.356. The molecule has 21 heavy (non-hydrogen) atoms. The Morgan fingerprint density at radius 2 is 1.95 bits per heavy atom. The van der Waals surface area contributed by atoms with Crippen LogP contribution in [0.2, 0.25) is 0 Å². The van der Waals surface area contributed by atoms with Crippen LogP contribution in [0, 0.1) is 17.8 Å². The van der Waals surface area contributed by atoms with Gasteiger partial charge < -0.3 is 10.1 Å². The molecule has 2 atom stereocenters. The summed E-state index contributed by atoms with van der Waals surface area (Å²) in [5, 5.41) is 3.48. The summed E-state index contributed by atoms with van der Waals surface area (Å²) in [6, 6.07) is 2.01. The van der Waals surface area contributed by atoms with E-state index in [1.807, 2.05) is 18.5 Å². The van der Waals surface area contributed by atoms with E-state index in [-0.39, 0.29) is 0 Å². The summed E-state index contributed by atoms with van der Waals surface area (Å²) in [5.74, 6) is 3.20. The van der Waals surface area contributed by atoms with Gasteiger partial charge in [0.2, 0.25) is 0 Å². The van der Waals surface area contributed by atoms with E-state index in [1.165, 1.54) is 24.8 Å². The first-order valence-electron chi connectivity index (χ1n) is 8.34. The zero-order valence-electron chi connectivity index (χ0n) is 13.9. The number of rotatable bonds is 6. The van der Waals surface area contributed by atoms with Crippen molar-refractivity contribution in [2.45, 2.75) is 59.6 Å². The standard InChI is InChI=1S/C18H30N2O/c1-13(2)10-20-12-16-11-19-6-5-18(16)21-17-8-14(3)7-15(4)9-17/h5-6,11,13-15,17,20H,7-10,12H2,1-4H3. The number of hydrogen-bond donors (Lipinski definition) is 1. The average Bonchev–Trinajstić information content (AvgIpc) is 2.39. The molecule has 1 fully saturated rings. The van der Waals surface area contributed by atoms with E-state index in [0.29, 0.717) is 12.0 Å². The fourth-order valence-corrected chi connectivity index (χ4v) is 3.31. The summed E-state index contributed by atoms with van der Waals surface area (Å²) in [4.78, 5) is 4.25. The zero-order chi connectivity index (χ0) is 15.2. The molecule has 3 nitrogen and oxygen atoms in total. The van der Waals surface area contributed by atoms with Crippen molar-refractivity contribution in [2.24, 2.45) is 17.8 Å². The number of aromatic nitrogens is 1. The highest BCUT2D eigenvalue weighted by atomic mass is 16.5. The van der Waals surface area contributed by atoms with Gasteiger partial charge in [-0.15, -0.1) is 0 Å². The van der Waals surface area contributed by atoms with Crippen molar-refractivity contribution in [1.82, 2.24) is 10.3 Å². The fourth-order valence-electron chi connectivity index (χ4n) is 3.31. The lowest BCUT2D eigenvalue weighted by atomic mass is 9.82. The smallest absolute Gasteiger partial charge is 0.127 e. The van der Waals surface area contributed by atoms with Crippen LogP contribution in [0.4, 0.5) is 0 Å². The third-order valence-electron chi connectivity index (χ3n) is 4.16. The monoisotopic (exact) mass is 290 g/mol. The molecule has 118 valence electrons. The molecule has 0 spiro atoms. The van der Waals surface area contributed by atoms with Crippen LogP contribution < -0.4 is 10.1 Å². The third-order valence-corrected chi connectivity index (χ3v) is 4.16. The van der Waals surface area contributed by atoms with E-state index >= 15 is 0 Å². The van der Waals surface area contributed by atoms with E-state index in [9.17, 15) is 0 Å². The van der Waals surface area contributed by atoms with Gasteiger partial charge in [0.25, 0.3) is 0 Å². The molecule has 1 aromatic heterocycles. The zero-order valence-corrected chi connectivity index (χ0v) is 13.9. The lowest BCUT2D eigenvalue weighted by molar-refractivity contribution is 0.0998. The van der Waals surface area contributed by atoms with Crippen LogP contribution in [-0.2, 0) is 6.54 Å². The molecule has 0 bridgehead atoms. The second kappa shape index (κ2) is 7.79. The molecule has 1 heterocycles. The molecule has 0 saturated heterocycles. The van der Waals surface area contributed by atoms with Crippen molar-refractivity contribution in [1.29, 1.82) is 0 Å². The Bertz CT molecular complexity index is 423. The molecule has 2 rings (SSSR count). The van der Waals surface area contributed by atoms with Gasteiger partial charge in [0.15, 0.2) is 0 Å². The summed E-state index contributed by atoms with van der Waals surface area (Å²) in [7, 11) is 0. The lowest BCUT2D eigenvalue weighted by Crippen LogP contribution is -2.29. The normalized spacial score (nSPS) is 26.0. The van der Waals surface area contributed by atoms with Crippen molar-refractivity contribution in [3.05, 3.63) is 24.0 Å². The van der Waals surface area contributed by atoms with E-state index in [1.54, 1.807) is 0 Å². The summed E-state index contributed by atoms with van der Waals surface area (Å²) >= 11 is 0. The molecule has 2 unspecified atom stereocenters. The summed E-state index contributed by atoms with van der Waals surface area (Å²) in [6.45, 7) is 11.0. The molecule has 1 aromatic rings. The van der Waals surface area contributed by atoms with Gasteiger partial charge in [-0.05, 0) is 49.6 Å².